The van der Waals surface area contributed by atoms with Gasteiger partial charge in [0.2, 0.25) is 18.5 Å². The Bertz CT molecular complexity index is 2010. The van der Waals surface area contributed by atoms with Crippen molar-refractivity contribution in [2.75, 3.05) is 0 Å². The summed E-state index contributed by atoms with van der Waals surface area (Å²) in [6.45, 7) is 40.0. The molecule has 17 nitrogen and oxygen atoms in total. The maximum atomic E-state index is 4.27. The summed E-state index contributed by atoms with van der Waals surface area (Å²) in [6, 6.07) is 3.85. The molecular weight excluding hydrogens is 851 g/mol. The molecule has 0 fully saturated rings. The third kappa shape index (κ3) is 23.0. The van der Waals surface area contributed by atoms with Crippen LogP contribution in [0.15, 0.2) is 118 Å². The van der Waals surface area contributed by atoms with Crippen LogP contribution in [0.25, 0.3) is 23.5 Å². The van der Waals surface area contributed by atoms with Gasteiger partial charge in [0.1, 0.15) is 42.5 Å². The van der Waals surface area contributed by atoms with Gasteiger partial charge in [0.25, 0.3) is 0 Å². The van der Waals surface area contributed by atoms with Gasteiger partial charge in [0, 0.05) is 12.1 Å². The first-order valence-electron chi connectivity index (χ1n) is 24.2. The van der Waals surface area contributed by atoms with Crippen molar-refractivity contribution < 1.29 is 18.3 Å². The van der Waals surface area contributed by atoms with Crippen molar-refractivity contribution in [1.29, 1.82) is 0 Å². The van der Waals surface area contributed by atoms with E-state index in [1.807, 2.05) is 253 Å². The minimum absolute atomic E-state index is 0.810. The number of hydrogen-bond donors (Lipinski definition) is 0. The summed E-state index contributed by atoms with van der Waals surface area (Å²) in [4.78, 5) is 36.6. The molecule has 0 N–H and O–H groups in total. The fourth-order valence-electron chi connectivity index (χ4n) is 4.92. The zero-order chi connectivity index (χ0) is 53.0. The van der Waals surface area contributed by atoms with Crippen molar-refractivity contribution in [3.63, 3.8) is 0 Å². The van der Waals surface area contributed by atoms with E-state index in [0.29, 0.717) is 0 Å². The van der Waals surface area contributed by atoms with Crippen LogP contribution in [-0.2, 0) is 28.2 Å². The van der Waals surface area contributed by atoms with E-state index in [9.17, 15) is 0 Å². The number of imidazole rings is 4. The molecule has 0 unspecified atom stereocenters. The summed E-state index contributed by atoms with van der Waals surface area (Å²) in [5, 5.41) is 0. The van der Waals surface area contributed by atoms with Crippen LogP contribution in [0.2, 0.25) is 0 Å². The molecule has 0 aromatic carbocycles. The highest BCUT2D eigenvalue weighted by Gasteiger charge is 2.14. The maximum Gasteiger partial charge on any atom is 0.404 e. The number of nitrogens with zero attached hydrogens (tertiary/aromatic N) is 17. The van der Waals surface area contributed by atoms with Crippen LogP contribution in [-0.4, -0.2) is 63.1 Å². The topological polar surface area (TPSA) is 151 Å². The molecule has 0 aliphatic rings. The predicted octanol–water partition coefficient (Wildman–Crippen LogP) is 9.21. The van der Waals surface area contributed by atoms with E-state index in [2.05, 4.69) is 44.9 Å². The van der Waals surface area contributed by atoms with Gasteiger partial charge < -0.3 is 0 Å². The molecule has 0 amide bonds. The quantitative estimate of drug-likeness (QED) is 0.157. The molecular formula is C51H91N17+4. The summed E-state index contributed by atoms with van der Waals surface area (Å²) < 4.78 is 15.6. The van der Waals surface area contributed by atoms with Gasteiger partial charge in [-0.2, -0.15) is 9.13 Å². The highest BCUT2D eigenvalue weighted by molar-refractivity contribution is 5.18. The summed E-state index contributed by atoms with van der Waals surface area (Å²) >= 11 is 0. The Morgan fingerprint density at radius 2 is 0.765 bits per heavy atom. The highest BCUT2D eigenvalue weighted by Crippen LogP contribution is 2.05. The first-order valence-corrected chi connectivity index (χ1v) is 24.2. The summed E-state index contributed by atoms with van der Waals surface area (Å²) in [5.41, 5.74) is 4.34. The fraction of sp³-hybridized carbons (Fsp3) is 0.471. The molecule has 17 heteroatoms. The van der Waals surface area contributed by atoms with Crippen LogP contribution in [0.4, 0.5) is 0 Å². The Morgan fingerprint density at radius 3 is 1.15 bits per heavy atom. The van der Waals surface area contributed by atoms with Gasteiger partial charge in [0.05, 0.1) is 76.8 Å². The molecule has 8 heterocycles. The second-order valence-electron chi connectivity index (χ2n) is 11.7. The number of aromatic nitrogens is 17. The Balaban J connectivity index is -0.000000365. The first-order chi connectivity index (χ1) is 33.2. The van der Waals surface area contributed by atoms with Crippen LogP contribution < -0.4 is 18.3 Å². The van der Waals surface area contributed by atoms with Crippen LogP contribution in [0, 0.1) is 27.7 Å². The highest BCUT2D eigenvalue weighted by atomic mass is 15.3. The Hall–Kier alpha value is -6.91. The zero-order valence-electron chi connectivity index (χ0n) is 46.6. The van der Waals surface area contributed by atoms with E-state index < -0.39 is 0 Å². The van der Waals surface area contributed by atoms with Crippen molar-refractivity contribution in [3.05, 3.63) is 141 Å². The molecule has 0 saturated carbocycles. The molecule has 0 spiro atoms. The minimum Gasteiger partial charge on any atom is -0.252 e. The van der Waals surface area contributed by atoms with E-state index in [-0.39, 0.29) is 0 Å². The van der Waals surface area contributed by atoms with Gasteiger partial charge in [-0.05, 0) is 27.7 Å². The molecule has 8 rings (SSSR count). The smallest absolute Gasteiger partial charge is 0.252 e. The number of rotatable bonds is 4. The number of hydrogen-bond acceptors (Lipinski definition) is 9. The molecule has 68 heavy (non-hydrogen) atoms. The van der Waals surface area contributed by atoms with Gasteiger partial charge in [-0.15, -0.1) is 9.97 Å². The lowest BCUT2D eigenvalue weighted by atomic mass is 10.5. The van der Waals surface area contributed by atoms with Crippen LogP contribution in [0.5, 0.6) is 0 Å². The summed E-state index contributed by atoms with van der Waals surface area (Å²) in [7, 11) is 7.80. The molecule has 0 aliphatic heterocycles. The molecule has 0 aliphatic carbocycles. The van der Waals surface area contributed by atoms with Crippen molar-refractivity contribution >= 4 is 0 Å². The molecule has 8 aromatic rings. The van der Waals surface area contributed by atoms with Crippen LogP contribution in [0.3, 0.4) is 0 Å². The Morgan fingerprint density at radius 1 is 0.353 bits per heavy atom. The average Bonchev–Trinajstić information content (AvgIpc) is 4.25. The lowest BCUT2D eigenvalue weighted by Crippen LogP contribution is -2.35. The Kier molecular flexibility index (Phi) is 43.7. The van der Waals surface area contributed by atoms with Crippen molar-refractivity contribution in [2.24, 2.45) is 28.2 Å². The summed E-state index contributed by atoms with van der Waals surface area (Å²) in [6.07, 6.45) is 30.3. The lowest BCUT2D eigenvalue weighted by molar-refractivity contribution is -0.671. The van der Waals surface area contributed by atoms with Crippen molar-refractivity contribution in [2.45, 2.75) is 138 Å². The number of aryl methyl sites for hydroxylation is 8. The molecule has 0 saturated heterocycles. The standard InChI is InChI=1S/3C9H11N4.C8H10N5.8C2H6/c1-8-5-11-7-13(8)9-6-10-3-4-12(9)2;1-8-5-11-7-13(8)9-3-4-10-6-12(9)2;1-8-6-10-7-13(8)9-11-4-3-5-12(9)2;1-7-3-9-6-13(7)8-11-4-10-5-12(8)2;8*1-2/h3*3-7H,1-2H3;3-6H,1-2H3;8*1-2H3/q4*+1;;;;;;;;. The molecule has 8 aromatic heterocycles. The molecule has 0 atom stereocenters. The fourth-order valence-corrected chi connectivity index (χ4v) is 4.92. The second-order valence-corrected chi connectivity index (χ2v) is 11.7. The molecule has 0 radical (unpaired) electrons. The van der Waals surface area contributed by atoms with Gasteiger partial charge >= 0.3 is 17.7 Å². The van der Waals surface area contributed by atoms with E-state index in [0.717, 1.165) is 46.3 Å². The SMILES string of the molecule is CC.CC.CC.CC.CC.CC.CC.CC.Cc1cncn1-c1ccnc[n+]1C.Cc1cncn1-c1cncc[n+]1C.Cc1cncn1-c1nccc[n+]1C.Cc1cncn1-c1ncnc[n+]1C. The molecule has 0 bridgehead atoms. The second kappa shape index (κ2) is 44.0. The van der Waals surface area contributed by atoms with E-state index in [1.54, 1.807) is 62.8 Å². The third-order valence-electron chi connectivity index (χ3n) is 7.75. The Labute approximate surface area is 411 Å². The van der Waals surface area contributed by atoms with Gasteiger partial charge in [-0.25, -0.2) is 47.3 Å². The maximum absolute atomic E-state index is 4.27. The zero-order valence-corrected chi connectivity index (χ0v) is 46.6. The van der Waals surface area contributed by atoms with Crippen LogP contribution >= 0.6 is 0 Å². The van der Waals surface area contributed by atoms with Crippen molar-refractivity contribution in [1.82, 2.24) is 63.1 Å². The average molecular weight is 942 g/mol. The first kappa shape index (κ1) is 67.7. The predicted molar refractivity (Wildman–Crippen MR) is 278 cm³/mol. The van der Waals surface area contributed by atoms with E-state index >= 15 is 0 Å². The van der Waals surface area contributed by atoms with Gasteiger partial charge in [-0.3, -0.25) is 4.98 Å². The van der Waals surface area contributed by atoms with Crippen molar-refractivity contribution in [3.8, 4) is 23.5 Å². The summed E-state index contributed by atoms with van der Waals surface area (Å²) in [5.74, 6) is 3.75. The molecule has 376 valence electrons. The van der Waals surface area contributed by atoms with Gasteiger partial charge in [-0.1, -0.05) is 121 Å². The van der Waals surface area contributed by atoms with E-state index in [1.165, 1.54) is 6.33 Å². The van der Waals surface area contributed by atoms with Gasteiger partial charge in [0.15, 0.2) is 25.3 Å². The third-order valence-corrected chi connectivity index (χ3v) is 7.75. The lowest BCUT2D eigenvalue weighted by Gasteiger charge is -2.01. The van der Waals surface area contributed by atoms with E-state index in [4.69, 9.17) is 0 Å². The normalized spacial score (nSPS) is 8.59. The monoisotopic (exact) mass is 942 g/mol. The largest absolute Gasteiger partial charge is 0.404 e. The van der Waals surface area contributed by atoms with Crippen LogP contribution in [0.1, 0.15) is 134 Å². The minimum atomic E-state index is 0.810.